The van der Waals surface area contributed by atoms with Crippen LogP contribution in [0.4, 0.5) is 9.18 Å². The van der Waals surface area contributed by atoms with Gasteiger partial charge >= 0.3 is 6.09 Å². The van der Waals surface area contributed by atoms with Gasteiger partial charge in [0.05, 0.1) is 24.8 Å². The van der Waals surface area contributed by atoms with Gasteiger partial charge in [0.25, 0.3) is 0 Å². The summed E-state index contributed by atoms with van der Waals surface area (Å²) < 4.78 is 24.9. The molecule has 0 aromatic heterocycles. The van der Waals surface area contributed by atoms with Crippen molar-refractivity contribution in [2.45, 2.75) is 57.2 Å². The maximum absolute atomic E-state index is 13.9. The maximum atomic E-state index is 13.9. The van der Waals surface area contributed by atoms with Gasteiger partial charge in [0, 0.05) is 6.54 Å². The largest absolute Gasteiger partial charge is 0.444 e. The van der Waals surface area contributed by atoms with Crippen LogP contribution >= 0.6 is 0 Å². The molecule has 1 saturated carbocycles. The fraction of sp³-hybridized carbons (Fsp3) is 0.632. The number of benzene rings is 1. The summed E-state index contributed by atoms with van der Waals surface area (Å²) in [5.41, 5.74) is 0.758. The molecule has 2 aliphatic rings. The summed E-state index contributed by atoms with van der Waals surface area (Å²) in [5.74, 6) is -0.280. The first-order valence-electron chi connectivity index (χ1n) is 8.91. The first kappa shape index (κ1) is 18.1. The number of carbonyl (C=O) groups is 1. The van der Waals surface area contributed by atoms with Crippen LogP contribution in [0.25, 0.3) is 0 Å². The van der Waals surface area contributed by atoms with Crippen molar-refractivity contribution >= 4 is 6.09 Å². The number of alkyl carbamates (subject to hydrolysis) is 1. The number of amides is 1. The Bertz CT molecular complexity index is 632. The van der Waals surface area contributed by atoms with Gasteiger partial charge in [-0.25, -0.2) is 9.18 Å². The molecule has 0 spiro atoms. The molecule has 1 amide bonds. The molecule has 1 atom stereocenters. The molecule has 2 fully saturated rings. The second kappa shape index (κ2) is 6.92. The molecule has 5 nitrogen and oxygen atoms in total. The van der Waals surface area contributed by atoms with Gasteiger partial charge in [0.2, 0.25) is 0 Å². The first-order valence-corrected chi connectivity index (χ1v) is 8.91. The van der Waals surface area contributed by atoms with Crippen molar-refractivity contribution in [1.82, 2.24) is 10.6 Å². The number of morpholine rings is 1. The number of hydrogen-bond donors (Lipinski definition) is 2. The quantitative estimate of drug-likeness (QED) is 0.877. The van der Waals surface area contributed by atoms with E-state index in [9.17, 15) is 9.18 Å². The summed E-state index contributed by atoms with van der Waals surface area (Å²) in [6, 6.07) is 4.73. The van der Waals surface area contributed by atoms with Crippen LogP contribution in [0.2, 0.25) is 0 Å². The minimum Gasteiger partial charge on any atom is -0.444 e. The number of rotatable bonds is 3. The van der Waals surface area contributed by atoms with Crippen molar-refractivity contribution in [2.24, 2.45) is 0 Å². The van der Waals surface area contributed by atoms with E-state index in [0.717, 1.165) is 36.9 Å². The van der Waals surface area contributed by atoms with E-state index in [-0.39, 0.29) is 11.9 Å². The number of halogens is 1. The van der Waals surface area contributed by atoms with Crippen LogP contribution in [-0.4, -0.2) is 31.5 Å². The topological polar surface area (TPSA) is 59.6 Å². The SMILES string of the molecule is CC(C)(C)OC(=O)NC1(c2ccc(F)cc2C2COCCN2)CCC1. The molecule has 1 aromatic carbocycles. The van der Waals surface area contributed by atoms with Crippen molar-refractivity contribution in [3.8, 4) is 0 Å². The molecule has 0 radical (unpaired) electrons. The van der Waals surface area contributed by atoms with Crippen molar-refractivity contribution in [3.63, 3.8) is 0 Å². The maximum Gasteiger partial charge on any atom is 0.408 e. The molecule has 1 aliphatic carbocycles. The average Bonchev–Trinajstić information content (AvgIpc) is 2.50. The van der Waals surface area contributed by atoms with Crippen LogP contribution < -0.4 is 10.6 Å². The highest BCUT2D eigenvalue weighted by atomic mass is 19.1. The summed E-state index contributed by atoms with van der Waals surface area (Å²) in [6.45, 7) is 7.40. The summed E-state index contributed by atoms with van der Waals surface area (Å²) in [6.07, 6.45) is 2.22. The van der Waals surface area contributed by atoms with E-state index in [1.165, 1.54) is 6.07 Å². The van der Waals surface area contributed by atoms with Gasteiger partial charge in [-0.2, -0.15) is 0 Å². The lowest BCUT2D eigenvalue weighted by atomic mass is 9.69. The smallest absolute Gasteiger partial charge is 0.408 e. The van der Waals surface area contributed by atoms with Gasteiger partial charge in [0.15, 0.2) is 0 Å². The molecule has 1 saturated heterocycles. The van der Waals surface area contributed by atoms with Gasteiger partial charge in [-0.15, -0.1) is 0 Å². The summed E-state index contributed by atoms with van der Waals surface area (Å²) in [7, 11) is 0. The minimum absolute atomic E-state index is 0.0719. The van der Waals surface area contributed by atoms with E-state index in [1.807, 2.05) is 20.8 Å². The van der Waals surface area contributed by atoms with Gasteiger partial charge < -0.3 is 20.1 Å². The van der Waals surface area contributed by atoms with Crippen LogP contribution in [-0.2, 0) is 15.0 Å². The number of hydrogen-bond acceptors (Lipinski definition) is 4. The van der Waals surface area contributed by atoms with Crippen molar-refractivity contribution < 1.29 is 18.7 Å². The zero-order valence-electron chi connectivity index (χ0n) is 15.2. The fourth-order valence-corrected chi connectivity index (χ4v) is 3.51. The zero-order chi connectivity index (χ0) is 18.1. The molecule has 6 heteroatoms. The first-order chi connectivity index (χ1) is 11.8. The van der Waals surface area contributed by atoms with Crippen molar-refractivity contribution in [3.05, 3.63) is 35.1 Å². The van der Waals surface area contributed by atoms with Crippen LogP contribution in [0, 0.1) is 5.82 Å². The van der Waals surface area contributed by atoms with Crippen LogP contribution in [0.3, 0.4) is 0 Å². The monoisotopic (exact) mass is 350 g/mol. The zero-order valence-corrected chi connectivity index (χ0v) is 15.2. The van der Waals surface area contributed by atoms with Crippen molar-refractivity contribution in [2.75, 3.05) is 19.8 Å². The molecular formula is C19H27FN2O3. The van der Waals surface area contributed by atoms with E-state index >= 15 is 0 Å². The molecule has 3 rings (SSSR count). The second-order valence-corrected chi connectivity index (χ2v) is 7.88. The summed E-state index contributed by atoms with van der Waals surface area (Å²) >= 11 is 0. The predicted molar refractivity (Wildman–Crippen MR) is 92.9 cm³/mol. The molecule has 1 unspecified atom stereocenters. The van der Waals surface area contributed by atoms with E-state index in [4.69, 9.17) is 9.47 Å². The number of ether oxygens (including phenoxy) is 2. The average molecular weight is 350 g/mol. The molecule has 1 aromatic rings. The predicted octanol–water partition coefficient (Wildman–Crippen LogP) is 3.39. The Morgan fingerprint density at radius 1 is 1.40 bits per heavy atom. The Hall–Kier alpha value is -1.66. The number of nitrogens with one attached hydrogen (secondary N) is 2. The van der Waals surface area contributed by atoms with E-state index in [1.54, 1.807) is 12.1 Å². The Morgan fingerprint density at radius 3 is 2.72 bits per heavy atom. The van der Waals surface area contributed by atoms with Crippen LogP contribution in [0.15, 0.2) is 18.2 Å². The van der Waals surface area contributed by atoms with E-state index in [2.05, 4.69) is 10.6 Å². The van der Waals surface area contributed by atoms with Gasteiger partial charge in [-0.1, -0.05) is 6.07 Å². The van der Waals surface area contributed by atoms with Crippen LogP contribution in [0.5, 0.6) is 0 Å². The molecule has 25 heavy (non-hydrogen) atoms. The Balaban J connectivity index is 1.88. The normalized spacial score (nSPS) is 22.8. The third-order valence-electron chi connectivity index (χ3n) is 4.77. The van der Waals surface area contributed by atoms with E-state index in [0.29, 0.717) is 13.2 Å². The fourth-order valence-electron chi connectivity index (χ4n) is 3.51. The highest BCUT2D eigenvalue weighted by Crippen LogP contribution is 2.44. The lowest BCUT2D eigenvalue weighted by Gasteiger charge is -2.45. The highest BCUT2D eigenvalue weighted by molar-refractivity contribution is 5.69. The standard InChI is InChI=1S/C19H27FN2O3/c1-18(2,3)25-17(23)22-19(7-4-8-19)15-6-5-13(20)11-14(15)16-12-24-10-9-21-16/h5-6,11,16,21H,4,7-10,12H2,1-3H3,(H,22,23). The third-order valence-corrected chi connectivity index (χ3v) is 4.77. The summed E-state index contributed by atoms with van der Waals surface area (Å²) in [4.78, 5) is 12.3. The molecule has 0 bridgehead atoms. The Morgan fingerprint density at radius 2 is 2.16 bits per heavy atom. The Kier molecular flexibility index (Phi) is 5.02. The lowest BCUT2D eigenvalue weighted by Crippen LogP contribution is -2.53. The van der Waals surface area contributed by atoms with Crippen molar-refractivity contribution in [1.29, 1.82) is 0 Å². The summed E-state index contributed by atoms with van der Waals surface area (Å²) in [5, 5.41) is 6.43. The molecule has 138 valence electrons. The molecule has 1 aliphatic heterocycles. The molecule has 1 heterocycles. The highest BCUT2D eigenvalue weighted by Gasteiger charge is 2.43. The lowest BCUT2D eigenvalue weighted by molar-refractivity contribution is 0.0371. The second-order valence-electron chi connectivity index (χ2n) is 7.88. The minimum atomic E-state index is -0.556. The van der Waals surface area contributed by atoms with Gasteiger partial charge in [0.1, 0.15) is 11.4 Å². The van der Waals surface area contributed by atoms with Gasteiger partial charge in [-0.05, 0) is 63.3 Å². The number of carbonyl (C=O) groups excluding carboxylic acids is 1. The van der Waals surface area contributed by atoms with Crippen LogP contribution in [0.1, 0.15) is 57.2 Å². The van der Waals surface area contributed by atoms with Gasteiger partial charge in [-0.3, -0.25) is 0 Å². The van der Waals surface area contributed by atoms with E-state index < -0.39 is 17.2 Å². The molecule has 2 N–H and O–H groups in total. The molecular weight excluding hydrogens is 323 g/mol. The third kappa shape index (κ3) is 4.12. The Labute approximate surface area is 148 Å².